The monoisotopic (exact) mass is 258 g/mol. The summed E-state index contributed by atoms with van der Waals surface area (Å²) in [4.78, 5) is 0.226. The van der Waals surface area contributed by atoms with Crippen LogP contribution in [0.4, 0.5) is 0 Å². The highest BCUT2D eigenvalue weighted by molar-refractivity contribution is 7.89. The average molecular weight is 258 g/mol. The lowest BCUT2D eigenvalue weighted by atomic mass is 10.2. The largest absolute Gasteiger partial charge is 0.390 e. The molecule has 0 aliphatic carbocycles. The molecule has 0 spiro atoms. The number of rotatable bonds is 5. The Morgan fingerprint density at radius 1 is 1.47 bits per heavy atom. The van der Waals surface area contributed by atoms with E-state index in [1.807, 2.05) is 13.0 Å². The van der Waals surface area contributed by atoms with Gasteiger partial charge in [0.25, 0.3) is 0 Å². The van der Waals surface area contributed by atoms with Gasteiger partial charge in [0.2, 0.25) is 10.0 Å². The Morgan fingerprint density at radius 3 is 2.65 bits per heavy atom. The van der Waals surface area contributed by atoms with Gasteiger partial charge in [-0.1, -0.05) is 12.1 Å². The molecule has 17 heavy (non-hydrogen) atoms. The van der Waals surface area contributed by atoms with Gasteiger partial charge in [0.15, 0.2) is 0 Å². The molecule has 6 heteroatoms. The van der Waals surface area contributed by atoms with E-state index in [-0.39, 0.29) is 18.0 Å². The van der Waals surface area contributed by atoms with Gasteiger partial charge in [-0.2, -0.15) is 4.31 Å². The molecule has 1 aromatic rings. The molecule has 0 aromatic heterocycles. The zero-order chi connectivity index (χ0) is 13.1. The SMILES string of the molecule is Cc1cccc(S(=O)(=O)N(C)CC(O)CN)c1. The predicted molar refractivity (Wildman–Crippen MR) is 66.1 cm³/mol. The zero-order valence-corrected chi connectivity index (χ0v) is 10.8. The van der Waals surface area contributed by atoms with Gasteiger partial charge >= 0.3 is 0 Å². The fourth-order valence-corrected chi connectivity index (χ4v) is 2.74. The molecule has 3 N–H and O–H groups in total. The molecule has 0 radical (unpaired) electrons. The van der Waals surface area contributed by atoms with Gasteiger partial charge in [0.05, 0.1) is 11.0 Å². The Kier molecular flexibility index (Phi) is 4.64. The summed E-state index contributed by atoms with van der Waals surface area (Å²) in [6.07, 6.45) is -0.848. The van der Waals surface area contributed by atoms with Crippen LogP contribution in [0.15, 0.2) is 29.2 Å². The predicted octanol–water partition coefficient (Wildman–Crippen LogP) is -0.0649. The number of aliphatic hydroxyl groups excluding tert-OH is 1. The molecule has 0 heterocycles. The third kappa shape index (κ3) is 3.50. The summed E-state index contributed by atoms with van der Waals surface area (Å²) in [7, 11) is -2.12. The second-order valence-electron chi connectivity index (χ2n) is 3.99. The Balaban J connectivity index is 2.95. The first-order valence-corrected chi connectivity index (χ1v) is 6.73. The van der Waals surface area contributed by atoms with Gasteiger partial charge in [0, 0.05) is 20.1 Å². The highest BCUT2D eigenvalue weighted by Gasteiger charge is 2.22. The quantitative estimate of drug-likeness (QED) is 0.774. The first-order valence-electron chi connectivity index (χ1n) is 5.29. The van der Waals surface area contributed by atoms with Crippen LogP contribution in [0.2, 0.25) is 0 Å². The van der Waals surface area contributed by atoms with E-state index in [4.69, 9.17) is 5.73 Å². The number of nitrogens with two attached hydrogens (primary N) is 1. The van der Waals surface area contributed by atoms with Crippen molar-refractivity contribution in [3.05, 3.63) is 29.8 Å². The van der Waals surface area contributed by atoms with E-state index in [1.165, 1.54) is 13.1 Å². The fourth-order valence-electron chi connectivity index (χ4n) is 1.43. The summed E-state index contributed by atoms with van der Waals surface area (Å²) in [5, 5.41) is 9.36. The minimum absolute atomic E-state index is 0.00717. The normalized spacial score (nSPS) is 13.9. The molecule has 5 nitrogen and oxygen atoms in total. The van der Waals surface area contributed by atoms with Gasteiger partial charge in [-0.15, -0.1) is 0 Å². The van der Waals surface area contributed by atoms with E-state index in [9.17, 15) is 13.5 Å². The van der Waals surface area contributed by atoms with Crippen molar-refractivity contribution in [3.63, 3.8) is 0 Å². The third-order valence-electron chi connectivity index (χ3n) is 2.44. The first-order chi connectivity index (χ1) is 7.87. The second kappa shape index (κ2) is 5.59. The first kappa shape index (κ1) is 14.1. The van der Waals surface area contributed by atoms with Crippen molar-refractivity contribution in [1.82, 2.24) is 4.31 Å². The van der Waals surface area contributed by atoms with Crippen LogP contribution in [0.25, 0.3) is 0 Å². The minimum Gasteiger partial charge on any atom is -0.390 e. The molecule has 0 saturated carbocycles. The molecule has 0 aliphatic rings. The second-order valence-corrected chi connectivity index (χ2v) is 6.04. The zero-order valence-electron chi connectivity index (χ0n) is 10.00. The molecule has 96 valence electrons. The number of benzene rings is 1. The number of nitrogens with zero attached hydrogens (tertiary/aromatic N) is 1. The Hall–Kier alpha value is -0.950. The molecular weight excluding hydrogens is 240 g/mol. The van der Waals surface area contributed by atoms with Crippen molar-refractivity contribution in [2.45, 2.75) is 17.9 Å². The number of aliphatic hydroxyl groups is 1. The Labute approximate surface area is 102 Å². The number of sulfonamides is 1. The van der Waals surface area contributed by atoms with Crippen LogP contribution in [0.5, 0.6) is 0 Å². The average Bonchev–Trinajstić information content (AvgIpc) is 2.28. The maximum atomic E-state index is 12.1. The summed E-state index contributed by atoms with van der Waals surface area (Å²) < 4.78 is 25.3. The number of aryl methyl sites for hydroxylation is 1. The van der Waals surface area contributed by atoms with Crippen LogP contribution < -0.4 is 5.73 Å². The lowest BCUT2D eigenvalue weighted by Gasteiger charge is -2.19. The molecule has 0 bridgehead atoms. The van der Waals surface area contributed by atoms with Crippen LogP contribution in [0.3, 0.4) is 0 Å². The summed E-state index contributed by atoms with van der Waals surface area (Å²) in [6, 6.07) is 6.65. The van der Waals surface area contributed by atoms with Gasteiger partial charge < -0.3 is 10.8 Å². The number of likely N-dealkylation sites (N-methyl/N-ethyl adjacent to an activating group) is 1. The van der Waals surface area contributed by atoms with Crippen LogP contribution >= 0.6 is 0 Å². The minimum atomic E-state index is -3.55. The van der Waals surface area contributed by atoms with Gasteiger partial charge in [-0.05, 0) is 24.6 Å². The summed E-state index contributed by atoms with van der Waals surface area (Å²) >= 11 is 0. The molecule has 1 atom stereocenters. The summed E-state index contributed by atoms with van der Waals surface area (Å²) in [6.45, 7) is 1.86. The van der Waals surface area contributed by atoms with Gasteiger partial charge in [-0.3, -0.25) is 0 Å². The van der Waals surface area contributed by atoms with Crippen LogP contribution in [0, 0.1) is 6.92 Å². The van der Waals surface area contributed by atoms with Crippen molar-refractivity contribution in [2.24, 2.45) is 5.73 Å². The van der Waals surface area contributed by atoms with Crippen molar-refractivity contribution in [2.75, 3.05) is 20.1 Å². The Morgan fingerprint density at radius 2 is 2.12 bits per heavy atom. The van der Waals surface area contributed by atoms with E-state index in [0.717, 1.165) is 9.87 Å². The highest BCUT2D eigenvalue weighted by atomic mass is 32.2. The van der Waals surface area contributed by atoms with Gasteiger partial charge in [-0.25, -0.2) is 8.42 Å². The fraction of sp³-hybridized carbons (Fsp3) is 0.455. The van der Waals surface area contributed by atoms with E-state index in [0.29, 0.717) is 0 Å². The maximum absolute atomic E-state index is 12.1. The molecule has 0 fully saturated rings. The Bertz CT molecular complexity index is 473. The van der Waals surface area contributed by atoms with Gasteiger partial charge in [0.1, 0.15) is 0 Å². The van der Waals surface area contributed by atoms with Crippen LogP contribution in [-0.4, -0.2) is 44.1 Å². The smallest absolute Gasteiger partial charge is 0.242 e. The van der Waals surface area contributed by atoms with Crippen molar-refractivity contribution in [1.29, 1.82) is 0 Å². The molecule has 0 saturated heterocycles. The molecule has 1 unspecified atom stereocenters. The van der Waals surface area contributed by atoms with E-state index in [1.54, 1.807) is 12.1 Å². The molecule has 0 amide bonds. The van der Waals surface area contributed by atoms with Crippen molar-refractivity contribution >= 4 is 10.0 Å². The van der Waals surface area contributed by atoms with E-state index >= 15 is 0 Å². The molecule has 1 rings (SSSR count). The molecule has 1 aromatic carbocycles. The standard InChI is InChI=1S/C11H18N2O3S/c1-9-4-3-5-11(6-9)17(15,16)13(2)8-10(14)7-12/h3-6,10,14H,7-8,12H2,1-2H3. The summed E-state index contributed by atoms with van der Waals surface area (Å²) in [5.41, 5.74) is 6.13. The number of hydrogen-bond acceptors (Lipinski definition) is 4. The molecular formula is C11H18N2O3S. The highest BCUT2D eigenvalue weighted by Crippen LogP contribution is 2.15. The van der Waals surface area contributed by atoms with Crippen molar-refractivity contribution < 1.29 is 13.5 Å². The maximum Gasteiger partial charge on any atom is 0.242 e. The lowest BCUT2D eigenvalue weighted by molar-refractivity contribution is 0.160. The molecule has 0 aliphatic heterocycles. The number of hydrogen-bond donors (Lipinski definition) is 2. The lowest BCUT2D eigenvalue weighted by Crippen LogP contribution is -2.37. The topological polar surface area (TPSA) is 83.6 Å². The van der Waals surface area contributed by atoms with Crippen LogP contribution in [0.1, 0.15) is 5.56 Å². The third-order valence-corrected chi connectivity index (χ3v) is 4.26. The van der Waals surface area contributed by atoms with Crippen LogP contribution in [-0.2, 0) is 10.0 Å². The van der Waals surface area contributed by atoms with E-state index in [2.05, 4.69) is 0 Å². The van der Waals surface area contributed by atoms with Crippen molar-refractivity contribution in [3.8, 4) is 0 Å². The van der Waals surface area contributed by atoms with E-state index < -0.39 is 16.1 Å². The summed E-state index contributed by atoms with van der Waals surface area (Å²) in [5.74, 6) is 0.